The fourth-order valence-corrected chi connectivity index (χ4v) is 6.26. The van der Waals surface area contributed by atoms with E-state index in [1.165, 1.54) is 23.1 Å². The van der Waals surface area contributed by atoms with E-state index in [1.807, 2.05) is 35.9 Å². The van der Waals surface area contributed by atoms with Gasteiger partial charge in [0.1, 0.15) is 5.38 Å². The van der Waals surface area contributed by atoms with Gasteiger partial charge >= 0.3 is 11.9 Å². The zero-order valence-electron chi connectivity index (χ0n) is 22.6. The topological polar surface area (TPSA) is 101 Å². The van der Waals surface area contributed by atoms with E-state index in [4.69, 9.17) is 27.9 Å². The third kappa shape index (κ3) is 6.00. The smallest absolute Gasteiger partial charge is 0.331 e. The molecule has 11 heteroatoms. The summed E-state index contributed by atoms with van der Waals surface area (Å²) >= 11 is 13.1. The molecule has 2 N–H and O–H groups in total. The molecule has 2 unspecified atom stereocenters. The summed E-state index contributed by atoms with van der Waals surface area (Å²) in [5, 5.41) is 11.6. The average molecular weight is 605 g/mol. The number of nitrogens with zero attached hydrogens (tertiary/aromatic N) is 2. The number of hydrogen-bond donors (Lipinski definition) is 2. The van der Waals surface area contributed by atoms with Crippen molar-refractivity contribution >= 4 is 57.5 Å². The first-order valence-corrected chi connectivity index (χ1v) is 14.6. The molecular weight excluding hydrogens is 572 g/mol. The number of ketones is 1. The third-order valence-corrected chi connectivity index (χ3v) is 8.83. The Balaban J connectivity index is 1.32. The first-order chi connectivity index (χ1) is 19.6. The minimum absolute atomic E-state index is 0.146. The Morgan fingerprint density at radius 2 is 1.78 bits per heavy atom. The number of carboxylic acid groups (broad SMARTS) is 1. The molecule has 1 aliphatic carbocycles. The molecule has 8 nitrogen and oxygen atoms in total. The number of ether oxygens (including phenoxy) is 1. The van der Waals surface area contributed by atoms with Crippen LogP contribution in [0.3, 0.4) is 0 Å². The first kappa shape index (κ1) is 29.5. The number of benzene rings is 2. The Kier molecular flexibility index (Phi) is 8.70. The van der Waals surface area contributed by atoms with Crippen molar-refractivity contribution < 1.29 is 28.6 Å². The SMILES string of the molecule is Cn1cc(C(=O)Nc2ccc(C(Cl)C(=O)C(F)(OC3CCC(C(=O)O)CC3)N3CCCC3)cc2Cl)c2ccccc21. The number of aromatic nitrogens is 1. The van der Waals surface area contributed by atoms with Crippen LogP contribution in [0.4, 0.5) is 10.1 Å². The molecule has 3 aromatic rings. The number of amides is 1. The van der Waals surface area contributed by atoms with E-state index in [2.05, 4.69) is 5.32 Å². The summed E-state index contributed by atoms with van der Waals surface area (Å²) in [6.45, 7) is 0.687. The van der Waals surface area contributed by atoms with Gasteiger partial charge in [-0.2, -0.15) is 4.39 Å². The maximum absolute atomic E-state index is 16.6. The largest absolute Gasteiger partial charge is 0.481 e. The number of halogens is 3. The highest BCUT2D eigenvalue weighted by atomic mass is 35.5. The number of likely N-dealkylation sites (tertiary alicyclic amines) is 1. The van der Waals surface area contributed by atoms with Crippen molar-refractivity contribution in [1.82, 2.24) is 9.47 Å². The van der Waals surface area contributed by atoms with Crippen LogP contribution in [-0.4, -0.2) is 57.4 Å². The predicted octanol–water partition coefficient (Wildman–Crippen LogP) is 6.31. The summed E-state index contributed by atoms with van der Waals surface area (Å²) < 4.78 is 24.3. The molecule has 5 rings (SSSR count). The van der Waals surface area contributed by atoms with Crippen LogP contribution in [0.15, 0.2) is 48.7 Å². The molecule has 1 saturated heterocycles. The number of Topliss-reactive ketones (excluding diaryl/α,β-unsaturated/α-hetero) is 1. The zero-order chi connectivity index (χ0) is 29.3. The first-order valence-electron chi connectivity index (χ1n) is 13.8. The van der Waals surface area contributed by atoms with Gasteiger partial charge in [-0.3, -0.25) is 14.4 Å². The lowest BCUT2D eigenvalue weighted by Gasteiger charge is -2.38. The van der Waals surface area contributed by atoms with Crippen LogP contribution in [0.5, 0.6) is 0 Å². The highest BCUT2D eigenvalue weighted by molar-refractivity contribution is 6.35. The average Bonchev–Trinajstić information content (AvgIpc) is 3.63. The molecule has 1 amide bonds. The normalized spacial score (nSPS) is 21.9. The number of hydrogen-bond acceptors (Lipinski definition) is 5. The quantitative estimate of drug-likeness (QED) is 0.219. The number of aryl methyl sites for hydroxylation is 1. The number of fused-ring (bicyclic) bond motifs is 1. The van der Waals surface area contributed by atoms with Gasteiger partial charge in [0.15, 0.2) is 0 Å². The highest BCUT2D eigenvalue weighted by Crippen LogP contribution is 2.39. The van der Waals surface area contributed by atoms with E-state index < -0.39 is 35.1 Å². The summed E-state index contributed by atoms with van der Waals surface area (Å²) in [6, 6.07) is 12.0. The van der Waals surface area contributed by atoms with Crippen molar-refractivity contribution in [2.45, 2.75) is 56.0 Å². The summed E-state index contributed by atoms with van der Waals surface area (Å²) in [5.41, 5.74) is 1.98. The van der Waals surface area contributed by atoms with Crippen molar-refractivity contribution in [1.29, 1.82) is 0 Å². The van der Waals surface area contributed by atoms with E-state index in [0.29, 0.717) is 50.0 Å². The molecule has 0 radical (unpaired) electrons. The van der Waals surface area contributed by atoms with Gasteiger partial charge in [-0.15, -0.1) is 11.6 Å². The predicted molar refractivity (Wildman–Crippen MR) is 155 cm³/mol. The lowest BCUT2D eigenvalue weighted by atomic mass is 9.87. The number of alkyl halides is 2. The van der Waals surface area contributed by atoms with E-state index in [0.717, 1.165) is 23.7 Å². The van der Waals surface area contributed by atoms with Gasteiger partial charge in [-0.05, 0) is 62.3 Å². The molecule has 1 aliphatic heterocycles. The summed E-state index contributed by atoms with van der Waals surface area (Å²) in [4.78, 5) is 39.4. The Morgan fingerprint density at radius 1 is 1.10 bits per heavy atom. The fraction of sp³-hybridized carbons (Fsp3) is 0.433. The molecule has 0 spiro atoms. The van der Waals surface area contributed by atoms with E-state index in [-0.39, 0.29) is 16.5 Å². The number of carboxylic acids is 1. The second kappa shape index (κ2) is 12.1. The van der Waals surface area contributed by atoms with Gasteiger partial charge in [0, 0.05) is 37.2 Å². The van der Waals surface area contributed by atoms with Crippen molar-refractivity contribution in [3.8, 4) is 0 Å². The van der Waals surface area contributed by atoms with Crippen LogP contribution in [0.1, 0.15) is 59.8 Å². The number of aliphatic carboxylic acids is 1. The summed E-state index contributed by atoms with van der Waals surface area (Å²) in [6.07, 6.45) is 3.98. The van der Waals surface area contributed by atoms with Gasteiger partial charge in [0.2, 0.25) is 5.78 Å². The van der Waals surface area contributed by atoms with Crippen molar-refractivity contribution in [2.24, 2.45) is 13.0 Å². The lowest BCUT2D eigenvalue weighted by molar-refractivity contribution is -0.252. The number of nitrogens with one attached hydrogen (secondary N) is 1. The second-order valence-electron chi connectivity index (χ2n) is 10.8. The van der Waals surface area contributed by atoms with Gasteiger partial charge in [0.05, 0.1) is 28.3 Å². The molecule has 0 bridgehead atoms. The van der Waals surface area contributed by atoms with Crippen LogP contribution in [0.25, 0.3) is 10.9 Å². The minimum Gasteiger partial charge on any atom is -0.481 e. The molecule has 2 aromatic carbocycles. The Hall–Kier alpha value is -2.98. The van der Waals surface area contributed by atoms with E-state index in [1.54, 1.807) is 6.20 Å². The number of para-hydroxylation sites is 1. The molecule has 2 aliphatic rings. The second-order valence-corrected chi connectivity index (χ2v) is 11.6. The molecule has 1 saturated carbocycles. The van der Waals surface area contributed by atoms with E-state index >= 15 is 4.39 Å². The summed E-state index contributed by atoms with van der Waals surface area (Å²) in [7, 11) is 1.86. The van der Waals surface area contributed by atoms with Gasteiger partial charge in [-0.1, -0.05) is 35.9 Å². The van der Waals surface area contributed by atoms with Gasteiger partial charge in [0.25, 0.3) is 5.91 Å². The molecule has 1 aromatic heterocycles. The summed E-state index contributed by atoms with van der Waals surface area (Å²) in [5.74, 6) is -5.42. The Labute approximate surface area is 247 Å². The molecule has 2 heterocycles. The van der Waals surface area contributed by atoms with Crippen molar-refractivity contribution in [2.75, 3.05) is 18.4 Å². The van der Waals surface area contributed by atoms with Crippen LogP contribution in [-0.2, 0) is 21.4 Å². The fourth-order valence-electron chi connectivity index (χ4n) is 5.75. The molecule has 218 valence electrons. The van der Waals surface area contributed by atoms with Crippen LogP contribution < -0.4 is 5.32 Å². The molecule has 41 heavy (non-hydrogen) atoms. The lowest BCUT2D eigenvalue weighted by Crippen LogP contribution is -2.55. The Morgan fingerprint density at radius 3 is 2.44 bits per heavy atom. The van der Waals surface area contributed by atoms with Crippen molar-refractivity contribution in [3.05, 3.63) is 64.8 Å². The maximum atomic E-state index is 16.6. The number of carbonyl (C=O) groups excluding carboxylic acids is 2. The zero-order valence-corrected chi connectivity index (χ0v) is 24.1. The van der Waals surface area contributed by atoms with Crippen molar-refractivity contribution in [3.63, 3.8) is 0 Å². The Bertz CT molecular complexity index is 1470. The highest BCUT2D eigenvalue weighted by Gasteiger charge is 2.51. The number of anilines is 1. The van der Waals surface area contributed by atoms with Gasteiger partial charge in [-0.25, -0.2) is 4.90 Å². The van der Waals surface area contributed by atoms with Gasteiger partial charge < -0.3 is 19.7 Å². The monoisotopic (exact) mass is 603 g/mol. The molecule has 2 fully saturated rings. The number of rotatable bonds is 9. The number of carbonyl (C=O) groups is 3. The molecular formula is C30H32Cl2FN3O5. The standard InChI is InChI=1S/C30H32Cl2FN3O5/c1-35-17-22(21-6-2-3-7-25(21)35)28(38)34-24-13-10-19(16-23(24)31)26(32)27(37)30(33,36-14-4-5-15-36)41-20-11-8-18(9-12-20)29(39)40/h2-3,6-7,10,13,16-18,20,26H,4-5,8-9,11-12,14-15H2,1H3,(H,34,38)(H,39,40). The minimum atomic E-state index is -2.75. The van der Waals surface area contributed by atoms with Crippen LogP contribution in [0, 0.1) is 5.92 Å². The maximum Gasteiger partial charge on any atom is 0.331 e. The van der Waals surface area contributed by atoms with Crippen LogP contribution in [0.2, 0.25) is 5.02 Å². The third-order valence-electron chi connectivity index (χ3n) is 8.07. The van der Waals surface area contributed by atoms with Crippen LogP contribution >= 0.6 is 23.2 Å². The van der Waals surface area contributed by atoms with E-state index in [9.17, 15) is 19.5 Å². The molecule has 2 atom stereocenters.